The van der Waals surface area contributed by atoms with E-state index in [1.807, 2.05) is 30.3 Å². The monoisotopic (exact) mass is 321 g/mol. The summed E-state index contributed by atoms with van der Waals surface area (Å²) in [4.78, 5) is 33.6. The van der Waals surface area contributed by atoms with Crippen LogP contribution in [0.15, 0.2) is 30.3 Å². The molecule has 1 rings (SSSR count). The molecule has 0 heterocycles. The number of unbranched alkanes of at least 4 members (excludes halogenated alkanes) is 1. The number of nitrogens with one attached hydrogen (secondary N) is 1. The molecule has 0 aliphatic heterocycles. The van der Waals surface area contributed by atoms with Crippen molar-refractivity contribution in [2.75, 3.05) is 19.8 Å². The standard InChI is InChI=1S/C17H23NO5/c1-14(19)7-5-6-10-17(21)23-13-16(20)18-11-12-22-15-8-3-2-4-9-15/h2-4,8-9H,5-7,10-13H2,1H3,(H,18,20). The highest BCUT2D eigenvalue weighted by Crippen LogP contribution is 2.07. The molecule has 1 aromatic rings. The maximum atomic E-state index is 11.5. The molecule has 1 aromatic carbocycles. The highest BCUT2D eigenvalue weighted by Gasteiger charge is 2.07. The Morgan fingerprint density at radius 3 is 2.43 bits per heavy atom. The van der Waals surface area contributed by atoms with Crippen molar-refractivity contribution in [3.8, 4) is 5.75 Å². The van der Waals surface area contributed by atoms with Crippen molar-refractivity contribution < 1.29 is 23.9 Å². The average Bonchev–Trinajstić information content (AvgIpc) is 2.54. The predicted molar refractivity (Wildman–Crippen MR) is 85.1 cm³/mol. The van der Waals surface area contributed by atoms with Gasteiger partial charge in [-0.25, -0.2) is 0 Å². The fourth-order valence-electron chi connectivity index (χ4n) is 1.79. The van der Waals surface area contributed by atoms with Crippen molar-refractivity contribution in [2.45, 2.75) is 32.6 Å². The molecule has 0 saturated carbocycles. The molecule has 6 nitrogen and oxygen atoms in total. The fraction of sp³-hybridized carbons (Fsp3) is 0.471. The minimum Gasteiger partial charge on any atom is -0.492 e. The summed E-state index contributed by atoms with van der Waals surface area (Å²) in [5.41, 5.74) is 0. The zero-order chi connectivity index (χ0) is 16.9. The van der Waals surface area contributed by atoms with Crippen molar-refractivity contribution in [3.05, 3.63) is 30.3 Å². The van der Waals surface area contributed by atoms with Crippen LogP contribution in [0.1, 0.15) is 32.6 Å². The normalized spacial score (nSPS) is 9.96. The molecular weight excluding hydrogens is 298 g/mol. The highest BCUT2D eigenvalue weighted by atomic mass is 16.5. The molecule has 1 N–H and O–H groups in total. The average molecular weight is 321 g/mol. The molecule has 126 valence electrons. The Hall–Kier alpha value is -2.37. The summed E-state index contributed by atoms with van der Waals surface area (Å²) in [5.74, 6) is 0.0530. The first kappa shape index (κ1) is 18.7. The summed E-state index contributed by atoms with van der Waals surface area (Å²) in [5, 5.41) is 2.60. The van der Waals surface area contributed by atoms with E-state index in [4.69, 9.17) is 9.47 Å². The highest BCUT2D eigenvalue weighted by molar-refractivity contribution is 5.80. The van der Waals surface area contributed by atoms with Crippen molar-refractivity contribution in [1.82, 2.24) is 5.32 Å². The van der Waals surface area contributed by atoms with Crippen LogP contribution in [0.3, 0.4) is 0 Å². The third-order valence-corrected chi connectivity index (χ3v) is 2.96. The van der Waals surface area contributed by atoms with Gasteiger partial charge in [-0.2, -0.15) is 0 Å². The Bertz CT molecular complexity index is 501. The number of carbonyl (C=O) groups is 3. The van der Waals surface area contributed by atoms with Crippen molar-refractivity contribution >= 4 is 17.7 Å². The smallest absolute Gasteiger partial charge is 0.306 e. The summed E-state index contributed by atoms with van der Waals surface area (Å²) in [6, 6.07) is 9.28. The first-order valence-corrected chi connectivity index (χ1v) is 7.67. The van der Waals surface area contributed by atoms with E-state index in [1.54, 1.807) is 0 Å². The summed E-state index contributed by atoms with van der Waals surface area (Å²) >= 11 is 0. The minimum absolute atomic E-state index is 0.107. The fourth-order valence-corrected chi connectivity index (χ4v) is 1.79. The number of rotatable bonds is 11. The maximum absolute atomic E-state index is 11.5. The van der Waals surface area contributed by atoms with Gasteiger partial charge < -0.3 is 19.6 Å². The number of ketones is 1. The predicted octanol–water partition coefficient (Wildman–Crippen LogP) is 1.87. The molecule has 0 saturated heterocycles. The second-order valence-electron chi connectivity index (χ2n) is 5.08. The second kappa shape index (κ2) is 11.2. The second-order valence-corrected chi connectivity index (χ2v) is 5.08. The van der Waals surface area contributed by atoms with Gasteiger partial charge in [0.2, 0.25) is 0 Å². The van der Waals surface area contributed by atoms with E-state index in [1.165, 1.54) is 6.92 Å². The Morgan fingerprint density at radius 2 is 1.74 bits per heavy atom. The van der Waals surface area contributed by atoms with E-state index in [-0.39, 0.29) is 24.7 Å². The lowest BCUT2D eigenvalue weighted by Gasteiger charge is -2.08. The van der Waals surface area contributed by atoms with Crippen LogP contribution in [0.5, 0.6) is 5.75 Å². The zero-order valence-electron chi connectivity index (χ0n) is 13.4. The molecule has 6 heteroatoms. The largest absolute Gasteiger partial charge is 0.492 e. The van der Waals surface area contributed by atoms with E-state index in [0.717, 1.165) is 5.75 Å². The number of benzene rings is 1. The Morgan fingerprint density at radius 1 is 1.04 bits per heavy atom. The SMILES string of the molecule is CC(=O)CCCCC(=O)OCC(=O)NCCOc1ccccc1. The van der Waals surface area contributed by atoms with E-state index in [0.29, 0.717) is 32.4 Å². The summed E-state index contributed by atoms with van der Waals surface area (Å²) in [6.07, 6.45) is 1.94. The Kier molecular flexibility index (Phi) is 9.12. The lowest BCUT2D eigenvalue weighted by molar-refractivity contribution is -0.148. The van der Waals surface area contributed by atoms with Gasteiger partial charge in [0.25, 0.3) is 5.91 Å². The topological polar surface area (TPSA) is 81.7 Å². The van der Waals surface area contributed by atoms with Gasteiger partial charge in [0.1, 0.15) is 18.1 Å². The van der Waals surface area contributed by atoms with E-state index in [2.05, 4.69) is 5.32 Å². The van der Waals surface area contributed by atoms with Gasteiger partial charge in [-0.1, -0.05) is 18.2 Å². The van der Waals surface area contributed by atoms with Crippen LogP contribution in [0.25, 0.3) is 0 Å². The molecule has 0 aliphatic carbocycles. The van der Waals surface area contributed by atoms with E-state index >= 15 is 0 Å². The number of Topliss-reactive ketones (excluding diaryl/α,β-unsaturated/α-hetero) is 1. The molecule has 0 aromatic heterocycles. The lowest BCUT2D eigenvalue weighted by Crippen LogP contribution is -2.32. The molecule has 23 heavy (non-hydrogen) atoms. The van der Waals surface area contributed by atoms with Crippen molar-refractivity contribution in [1.29, 1.82) is 0 Å². The number of ether oxygens (including phenoxy) is 2. The van der Waals surface area contributed by atoms with Crippen LogP contribution >= 0.6 is 0 Å². The van der Waals surface area contributed by atoms with Crippen molar-refractivity contribution in [2.24, 2.45) is 0 Å². The maximum Gasteiger partial charge on any atom is 0.306 e. The van der Waals surface area contributed by atoms with Gasteiger partial charge in [0.15, 0.2) is 6.61 Å². The van der Waals surface area contributed by atoms with Gasteiger partial charge in [-0.3, -0.25) is 9.59 Å². The van der Waals surface area contributed by atoms with Crippen LogP contribution in [-0.2, 0) is 19.1 Å². The van der Waals surface area contributed by atoms with Crippen LogP contribution in [0.4, 0.5) is 0 Å². The lowest BCUT2D eigenvalue weighted by atomic mass is 10.1. The molecule has 0 unspecified atom stereocenters. The summed E-state index contributed by atoms with van der Waals surface area (Å²) < 4.78 is 10.3. The van der Waals surface area contributed by atoms with Crippen LogP contribution in [0.2, 0.25) is 0 Å². The third kappa shape index (κ3) is 10.1. The van der Waals surface area contributed by atoms with E-state index in [9.17, 15) is 14.4 Å². The number of amides is 1. The molecular formula is C17H23NO5. The summed E-state index contributed by atoms with van der Waals surface area (Å²) in [6.45, 7) is 1.90. The molecule has 0 bridgehead atoms. The number of esters is 1. The molecule has 0 aliphatic rings. The zero-order valence-corrected chi connectivity index (χ0v) is 13.4. The molecule has 0 atom stereocenters. The Balaban J connectivity index is 2.01. The molecule has 0 radical (unpaired) electrons. The number of hydrogen-bond acceptors (Lipinski definition) is 5. The number of hydrogen-bond donors (Lipinski definition) is 1. The van der Waals surface area contributed by atoms with Gasteiger partial charge in [0, 0.05) is 12.8 Å². The minimum atomic E-state index is -0.427. The Labute approximate surface area is 136 Å². The van der Waals surface area contributed by atoms with Crippen LogP contribution in [-0.4, -0.2) is 37.4 Å². The van der Waals surface area contributed by atoms with Crippen molar-refractivity contribution in [3.63, 3.8) is 0 Å². The third-order valence-electron chi connectivity index (χ3n) is 2.96. The van der Waals surface area contributed by atoms with Gasteiger partial charge in [0.05, 0.1) is 6.54 Å². The van der Waals surface area contributed by atoms with Gasteiger partial charge >= 0.3 is 5.97 Å². The first-order chi connectivity index (χ1) is 11.1. The molecule has 1 amide bonds. The van der Waals surface area contributed by atoms with Gasteiger partial charge in [-0.05, 0) is 31.9 Å². The summed E-state index contributed by atoms with van der Waals surface area (Å²) in [7, 11) is 0. The first-order valence-electron chi connectivity index (χ1n) is 7.67. The number of para-hydroxylation sites is 1. The quantitative estimate of drug-likeness (QED) is 0.497. The van der Waals surface area contributed by atoms with Crippen LogP contribution in [0, 0.1) is 0 Å². The van der Waals surface area contributed by atoms with Gasteiger partial charge in [-0.15, -0.1) is 0 Å². The van der Waals surface area contributed by atoms with Crippen LogP contribution < -0.4 is 10.1 Å². The number of carbonyl (C=O) groups excluding carboxylic acids is 3. The van der Waals surface area contributed by atoms with E-state index < -0.39 is 5.97 Å². The molecule has 0 fully saturated rings. The molecule has 0 spiro atoms.